The molecule has 0 saturated carbocycles. The molecule has 0 spiro atoms. The zero-order valence-electron chi connectivity index (χ0n) is 5.42. The third kappa shape index (κ3) is 5.08. The second-order valence-corrected chi connectivity index (χ2v) is 1.66. The Morgan fingerprint density at radius 3 is 2.90 bits per heavy atom. The summed E-state index contributed by atoms with van der Waals surface area (Å²) in [5.41, 5.74) is 0. The number of allylic oxidation sites excluding steroid dienone is 1. The second kappa shape index (κ2) is 4.78. The average molecular weight is 148 g/mol. The van der Waals surface area contributed by atoms with Crippen LogP contribution < -0.4 is 0 Å². The summed E-state index contributed by atoms with van der Waals surface area (Å²) in [6.45, 7) is 3.34. The Balaban J connectivity index is 3.33. The van der Waals surface area contributed by atoms with Gasteiger partial charge < -0.3 is 9.84 Å². The van der Waals surface area contributed by atoms with E-state index < -0.39 is 12.5 Å². The summed E-state index contributed by atoms with van der Waals surface area (Å²) < 4.78 is 15.9. The quantitative estimate of drug-likeness (QED) is 0.489. The van der Waals surface area contributed by atoms with Gasteiger partial charge in [-0.3, -0.25) is 0 Å². The Labute approximate surface area is 58.1 Å². The molecule has 0 aromatic rings. The minimum atomic E-state index is -1.73. The number of hydrogen-bond acceptors (Lipinski definition) is 2. The summed E-state index contributed by atoms with van der Waals surface area (Å²) in [7, 11) is 0. The molecule has 1 unspecified atom stereocenters. The van der Waals surface area contributed by atoms with Crippen molar-refractivity contribution in [1.29, 1.82) is 0 Å². The summed E-state index contributed by atoms with van der Waals surface area (Å²) in [5, 5.41) is 7.90. The maximum atomic E-state index is 12.2. The highest BCUT2D eigenvalue weighted by Gasteiger charge is 2.08. The summed E-state index contributed by atoms with van der Waals surface area (Å²) in [6, 6.07) is 0. The molecule has 4 heteroatoms. The Hall–Kier alpha value is -1.06. The van der Waals surface area contributed by atoms with Crippen molar-refractivity contribution in [1.82, 2.24) is 0 Å². The Bertz CT molecular complexity index is 124. The van der Waals surface area contributed by atoms with Gasteiger partial charge in [0.15, 0.2) is 0 Å². The van der Waals surface area contributed by atoms with Crippen molar-refractivity contribution in [3.8, 4) is 0 Å². The van der Waals surface area contributed by atoms with Crippen LogP contribution in [0.5, 0.6) is 0 Å². The normalized spacial score (nSPS) is 12.1. The minimum Gasteiger partial charge on any atom is -0.450 e. The van der Waals surface area contributed by atoms with Crippen LogP contribution in [0.25, 0.3) is 0 Å². The number of rotatable bonds is 4. The smallest absolute Gasteiger partial charge is 0.450 e. The minimum absolute atomic E-state index is 0.0375. The number of carbonyl (C=O) groups is 1. The maximum Gasteiger partial charge on any atom is 0.508 e. The molecule has 1 atom stereocenters. The van der Waals surface area contributed by atoms with E-state index >= 15 is 0 Å². The summed E-state index contributed by atoms with van der Waals surface area (Å²) in [5.74, 6) is 0. The predicted molar refractivity (Wildman–Crippen MR) is 33.4 cm³/mol. The molecule has 0 aliphatic rings. The lowest BCUT2D eigenvalue weighted by atomic mass is 10.3. The second-order valence-electron chi connectivity index (χ2n) is 1.66. The molecule has 0 amide bonds. The predicted octanol–water partition coefficient (Wildman–Crippen LogP) is 1.94. The molecule has 0 aromatic carbocycles. The van der Waals surface area contributed by atoms with Crippen molar-refractivity contribution in [2.24, 2.45) is 0 Å². The first-order valence-corrected chi connectivity index (χ1v) is 2.81. The van der Waals surface area contributed by atoms with E-state index in [0.29, 0.717) is 6.42 Å². The molecule has 0 bridgehead atoms. The molecule has 10 heavy (non-hydrogen) atoms. The van der Waals surface area contributed by atoms with Gasteiger partial charge in [-0.05, 0) is 6.42 Å². The number of ether oxygens (including phenoxy) is 1. The van der Waals surface area contributed by atoms with Crippen LogP contribution in [0.1, 0.15) is 12.8 Å². The van der Waals surface area contributed by atoms with E-state index in [4.69, 9.17) is 5.11 Å². The van der Waals surface area contributed by atoms with Crippen LogP contribution in [0.4, 0.5) is 9.18 Å². The molecule has 0 aliphatic heterocycles. The highest BCUT2D eigenvalue weighted by Crippen LogP contribution is 2.03. The molecule has 0 fully saturated rings. The lowest BCUT2D eigenvalue weighted by Crippen LogP contribution is -2.10. The van der Waals surface area contributed by atoms with Crippen molar-refractivity contribution in [2.45, 2.75) is 19.2 Å². The third-order valence-electron chi connectivity index (χ3n) is 0.826. The van der Waals surface area contributed by atoms with Gasteiger partial charge in [-0.25, -0.2) is 9.18 Å². The summed E-state index contributed by atoms with van der Waals surface area (Å²) >= 11 is 0. The molecule has 1 N–H and O–H groups in total. The van der Waals surface area contributed by atoms with Crippen LogP contribution in [0.3, 0.4) is 0 Å². The van der Waals surface area contributed by atoms with E-state index in [-0.39, 0.29) is 6.42 Å². The van der Waals surface area contributed by atoms with Crippen molar-refractivity contribution >= 4 is 6.16 Å². The van der Waals surface area contributed by atoms with E-state index in [9.17, 15) is 9.18 Å². The zero-order chi connectivity index (χ0) is 7.98. The van der Waals surface area contributed by atoms with Crippen molar-refractivity contribution < 1.29 is 19.0 Å². The number of alkyl halides is 1. The fraction of sp³-hybridized carbons (Fsp3) is 0.500. The molecule has 0 aromatic heterocycles. The lowest BCUT2D eigenvalue weighted by Gasteiger charge is -2.03. The highest BCUT2D eigenvalue weighted by molar-refractivity contribution is 5.56. The van der Waals surface area contributed by atoms with Crippen LogP contribution in [0.2, 0.25) is 0 Å². The van der Waals surface area contributed by atoms with Gasteiger partial charge in [-0.1, -0.05) is 6.08 Å². The third-order valence-corrected chi connectivity index (χ3v) is 0.826. The van der Waals surface area contributed by atoms with Gasteiger partial charge in [-0.15, -0.1) is 6.58 Å². The molecule has 0 radical (unpaired) electrons. The van der Waals surface area contributed by atoms with Gasteiger partial charge in [0.1, 0.15) is 0 Å². The van der Waals surface area contributed by atoms with Crippen LogP contribution in [-0.4, -0.2) is 17.6 Å². The Morgan fingerprint density at radius 2 is 2.50 bits per heavy atom. The van der Waals surface area contributed by atoms with E-state index in [2.05, 4.69) is 11.3 Å². The monoisotopic (exact) mass is 148 g/mol. The molecule has 3 nitrogen and oxygen atoms in total. The van der Waals surface area contributed by atoms with E-state index in [0.717, 1.165) is 0 Å². The summed E-state index contributed by atoms with van der Waals surface area (Å²) in [4.78, 5) is 9.68. The van der Waals surface area contributed by atoms with Crippen LogP contribution in [0, 0.1) is 0 Å². The van der Waals surface area contributed by atoms with Crippen molar-refractivity contribution in [2.75, 3.05) is 0 Å². The molecule has 0 rings (SSSR count). The van der Waals surface area contributed by atoms with Crippen LogP contribution in [-0.2, 0) is 4.74 Å². The van der Waals surface area contributed by atoms with Gasteiger partial charge in [0.25, 0.3) is 0 Å². The molecule has 0 heterocycles. The first-order valence-electron chi connectivity index (χ1n) is 2.81. The fourth-order valence-electron chi connectivity index (χ4n) is 0.417. The lowest BCUT2D eigenvalue weighted by molar-refractivity contribution is -0.0182. The highest BCUT2D eigenvalue weighted by atomic mass is 19.1. The first kappa shape index (κ1) is 8.94. The van der Waals surface area contributed by atoms with E-state index in [1.54, 1.807) is 0 Å². The standard InChI is InChI=1S/C6H9FO3/c1-2-3-4-5(7)10-6(8)9/h2,5H,1,3-4H2,(H,8,9). The van der Waals surface area contributed by atoms with E-state index in [1.807, 2.05) is 0 Å². The number of carboxylic acid groups (broad SMARTS) is 1. The van der Waals surface area contributed by atoms with Gasteiger partial charge in [0, 0.05) is 6.42 Å². The fourth-order valence-corrected chi connectivity index (χ4v) is 0.417. The van der Waals surface area contributed by atoms with Gasteiger partial charge >= 0.3 is 6.16 Å². The van der Waals surface area contributed by atoms with Crippen molar-refractivity contribution in [3.05, 3.63) is 12.7 Å². The topological polar surface area (TPSA) is 46.5 Å². The SMILES string of the molecule is C=CCCC(F)OC(=O)O. The Morgan fingerprint density at radius 1 is 1.90 bits per heavy atom. The van der Waals surface area contributed by atoms with Crippen LogP contribution in [0.15, 0.2) is 12.7 Å². The molecule has 0 saturated heterocycles. The number of halogens is 1. The average Bonchev–Trinajstić information content (AvgIpc) is 1.82. The summed E-state index contributed by atoms with van der Waals surface area (Å²) in [6.07, 6.45) is -1.37. The largest absolute Gasteiger partial charge is 0.508 e. The van der Waals surface area contributed by atoms with E-state index in [1.165, 1.54) is 6.08 Å². The molecule has 0 aliphatic carbocycles. The van der Waals surface area contributed by atoms with Gasteiger partial charge in [0.2, 0.25) is 6.36 Å². The van der Waals surface area contributed by atoms with Crippen LogP contribution >= 0.6 is 0 Å². The number of hydrogen-bond donors (Lipinski definition) is 1. The maximum absolute atomic E-state index is 12.2. The molecule has 58 valence electrons. The Kier molecular flexibility index (Phi) is 4.28. The van der Waals surface area contributed by atoms with Gasteiger partial charge in [-0.2, -0.15) is 0 Å². The zero-order valence-corrected chi connectivity index (χ0v) is 5.42. The molecular weight excluding hydrogens is 139 g/mol. The molecular formula is C6H9FO3. The first-order chi connectivity index (χ1) is 4.66. The van der Waals surface area contributed by atoms with Gasteiger partial charge in [0.05, 0.1) is 0 Å². The van der Waals surface area contributed by atoms with Crippen molar-refractivity contribution in [3.63, 3.8) is 0 Å².